The summed E-state index contributed by atoms with van der Waals surface area (Å²) in [4.78, 5) is 9.61. The van der Waals surface area contributed by atoms with Crippen LogP contribution in [-0.2, 0) is 14.8 Å². The van der Waals surface area contributed by atoms with Gasteiger partial charge in [-0.1, -0.05) is 42.8 Å². The zero-order valence-electron chi connectivity index (χ0n) is 5.12. The van der Waals surface area contributed by atoms with Gasteiger partial charge in [0.05, 0.1) is 0 Å². The van der Waals surface area contributed by atoms with Gasteiger partial charge in [0.2, 0.25) is 0 Å². The molecule has 7 heteroatoms. The van der Waals surface area contributed by atoms with E-state index in [0.717, 1.165) is 6.08 Å². The Balaban J connectivity index is 4.86. The lowest BCUT2D eigenvalue weighted by atomic mass is 10.8. The molecule has 0 aromatic carbocycles. The first kappa shape index (κ1) is 11.0. The fourth-order valence-corrected chi connectivity index (χ4v) is 1.74. The molecular weight excluding hydrogens is 302 g/mol. The molecule has 0 aromatic rings. The zero-order chi connectivity index (χ0) is 9.07. The Kier molecular flexibility index (Phi) is 4.17. The average Bonchev–Trinajstić information content (AvgIpc) is 1.86. The van der Waals surface area contributed by atoms with E-state index in [0.29, 0.717) is 0 Å². The Morgan fingerprint density at radius 1 is 1.64 bits per heavy atom. The second kappa shape index (κ2) is 4.15. The summed E-state index contributed by atoms with van der Waals surface area (Å²) in [6.45, 7) is 3.30. The minimum absolute atomic E-state index is 0.177. The Hall–Kier alpha value is 0.0300. The number of sulfonamides is 1. The minimum atomic E-state index is -3.84. The van der Waals surface area contributed by atoms with Gasteiger partial charge in [-0.3, -0.25) is 0 Å². The van der Waals surface area contributed by atoms with Crippen molar-refractivity contribution >= 4 is 48.0 Å². The number of hydrogen-bond donors (Lipinski definition) is 0. The molecule has 1 atom stereocenters. The molecule has 0 aromatic heterocycles. The van der Waals surface area contributed by atoms with Crippen LogP contribution in [0, 0.1) is 0 Å². The first-order valence-corrected chi connectivity index (χ1v) is 5.44. The lowest BCUT2D eigenvalue weighted by Gasteiger charge is -2.01. The van der Waals surface area contributed by atoms with Gasteiger partial charge in [0.25, 0.3) is 16.1 Å². The van der Waals surface area contributed by atoms with Crippen LogP contribution in [0.3, 0.4) is 0 Å². The van der Waals surface area contributed by atoms with Crippen molar-refractivity contribution in [1.29, 1.82) is 0 Å². The van der Waals surface area contributed by atoms with Crippen LogP contribution in [-0.4, -0.2) is 18.7 Å². The third kappa shape index (κ3) is 3.29. The number of carbonyl (C=O) groups excluding carboxylic acids is 1. The number of nitrogens with zero attached hydrogens (tertiary/aromatic N) is 1. The molecule has 0 aliphatic rings. The van der Waals surface area contributed by atoms with Crippen molar-refractivity contribution in [3.63, 3.8) is 0 Å². The second-order valence-electron chi connectivity index (χ2n) is 1.46. The molecule has 0 rings (SSSR count). The molecule has 0 spiro atoms. The molecule has 4 nitrogen and oxygen atoms in total. The van der Waals surface area contributed by atoms with Crippen molar-refractivity contribution < 1.29 is 13.2 Å². The summed E-state index contributed by atoms with van der Waals surface area (Å²) in [6.07, 6.45) is 0.939. The van der Waals surface area contributed by atoms with E-state index in [1.807, 2.05) is 0 Å². The highest BCUT2D eigenvalue weighted by Gasteiger charge is 2.23. The topological polar surface area (TPSA) is 63.6 Å². The number of isocyanates is 1. The van der Waals surface area contributed by atoms with Crippen molar-refractivity contribution in [2.45, 2.75) is 4.16 Å². The summed E-state index contributed by atoms with van der Waals surface area (Å²) in [5.41, 5.74) is 0. The number of alkyl halides is 1. The average molecular weight is 305 g/mol. The maximum atomic E-state index is 10.8. The first-order chi connectivity index (χ1) is 4.91. The summed E-state index contributed by atoms with van der Waals surface area (Å²) in [7, 11) is -3.84. The van der Waals surface area contributed by atoms with Crippen LogP contribution in [0.15, 0.2) is 15.5 Å². The molecule has 0 amide bonds. The van der Waals surface area contributed by atoms with E-state index in [1.54, 1.807) is 0 Å². The molecule has 0 heterocycles. The Morgan fingerprint density at radius 3 is 2.36 bits per heavy atom. The van der Waals surface area contributed by atoms with Crippen molar-refractivity contribution in [1.82, 2.24) is 0 Å². The predicted octanol–water partition coefficient (Wildman–Crippen LogP) is 1.28. The van der Waals surface area contributed by atoms with E-state index < -0.39 is 14.2 Å². The fraction of sp³-hybridized carbons (Fsp3) is 0.250. The normalized spacial score (nSPS) is 13.3. The molecule has 0 bridgehead atoms. The molecule has 0 radical (unpaired) electrons. The Bertz CT molecular complexity index is 303. The highest BCUT2D eigenvalue weighted by atomic mass is 79.9. The molecule has 0 aliphatic carbocycles. The van der Waals surface area contributed by atoms with Gasteiger partial charge in [0.15, 0.2) is 4.16 Å². The minimum Gasteiger partial charge on any atom is -0.210 e. The summed E-state index contributed by atoms with van der Waals surface area (Å²) >= 11 is 5.59. The summed E-state index contributed by atoms with van der Waals surface area (Å²) in [6, 6.07) is 0. The van der Waals surface area contributed by atoms with Gasteiger partial charge in [-0.25, -0.2) is 13.2 Å². The fourth-order valence-electron chi connectivity index (χ4n) is 0.260. The molecular formula is C4H3Br2NO3S. The van der Waals surface area contributed by atoms with Crippen LogP contribution in [0.4, 0.5) is 0 Å². The molecule has 0 N–H and O–H groups in total. The van der Waals surface area contributed by atoms with Crippen molar-refractivity contribution in [2.24, 2.45) is 4.40 Å². The van der Waals surface area contributed by atoms with E-state index in [1.165, 1.54) is 0 Å². The molecule has 1 unspecified atom stereocenters. The Labute approximate surface area is 80.7 Å². The van der Waals surface area contributed by atoms with Gasteiger partial charge >= 0.3 is 0 Å². The maximum Gasteiger partial charge on any atom is 0.281 e. The molecule has 62 valence electrons. The van der Waals surface area contributed by atoms with Gasteiger partial charge in [-0.15, -0.1) is 0 Å². The van der Waals surface area contributed by atoms with E-state index in [2.05, 4.69) is 42.8 Å². The van der Waals surface area contributed by atoms with Crippen LogP contribution >= 0.6 is 31.9 Å². The van der Waals surface area contributed by atoms with E-state index >= 15 is 0 Å². The smallest absolute Gasteiger partial charge is 0.210 e. The molecule has 11 heavy (non-hydrogen) atoms. The summed E-state index contributed by atoms with van der Waals surface area (Å²) < 4.78 is 23.3. The third-order valence-electron chi connectivity index (χ3n) is 0.672. The van der Waals surface area contributed by atoms with Gasteiger partial charge in [-0.2, -0.15) is 0 Å². The highest BCUT2D eigenvalue weighted by molar-refractivity contribution is 9.14. The Morgan fingerprint density at radius 2 is 2.09 bits per heavy atom. The van der Waals surface area contributed by atoms with Crippen LogP contribution in [0.2, 0.25) is 0 Å². The van der Waals surface area contributed by atoms with Crippen molar-refractivity contribution in [2.75, 3.05) is 0 Å². The second-order valence-corrected chi connectivity index (χ2v) is 5.68. The summed E-state index contributed by atoms with van der Waals surface area (Å²) in [5.74, 6) is 0. The van der Waals surface area contributed by atoms with Crippen LogP contribution in [0.25, 0.3) is 0 Å². The lowest BCUT2D eigenvalue weighted by molar-refractivity contribution is 0.563. The largest absolute Gasteiger partial charge is 0.281 e. The van der Waals surface area contributed by atoms with Gasteiger partial charge in [-0.05, 0) is 0 Å². The predicted molar refractivity (Wildman–Crippen MR) is 47.8 cm³/mol. The van der Waals surface area contributed by atoms with Crippen LogP contribution in [0.1, 0.15) is 0 Å². The van der Waals surface area contributed by atoms with E-state index in [-0.39, 0.29) is 4.48 Å². The number of halogens is 2. The number of rotatable bonds is 3. The lowest BCUT2D eigenvalue weighted by Crippen LogP contribution is -2.10. The third-order valence-corrected chi connectivity index (χ3v) is 5.15. The quantitative estimate of drug-likeness (QED) is 0.448. The monoisotopic (exact) mass is 303 g/mol. The molecule has 0 aliphatic heterocycles. The van der Waals surface area contributed by atoms with Crippen LogP contribution in [0.5, 0.6) is 0 Å². The van der Waals surface area contributed by atoms with Gasteiger partial charge in [0.1, 0.15) is 0 Å². The molecule has 0 saturated heterocycles. The van der Waals surface area contributed by atoms with Crippen LogP contribution < -0.4 is 0 Å². The number of hydrogen-bond acceptors (Lipinski definition) is 3. The zero-order valence-corrected chi connectivity index (χ0v) is 9.11. The summed E-state index contributed by atoms with van der Waals surface area (Å²) in [5, 5.41) is 0. The SMILES string of the molecule is C=C(Br)C(Br)S(=O)(=O)N=C=O. The van der Waals surface area contributed by atoms with Crippen molar-refractivity contribution in [3.8, 4) is 0 Å². The molecule has 0 fully saturated rings. The van der Waals surface area contributed by atoms with Crippen molar-refractivity contribution in [3.05, 3.63) is 11.1 Å². The van der Waals surface area contributed by atoms with Gasteiger partial charge in [0, 0.05) is 4.48 Å². The first-order valence-electron chi connectivity index (χ1n) is 2.23. The highest BCUT2D eigenvalue weighted by Crippen LogP contribution is 2.22. The standard InChI is InChI=1S/C4H3Br2NO3S/c1-3(5)4(6)11(9,10)7-2-8/h4H,1H2. The maximum absolute atomic E-state index is 10.8. The van der Waals surface area contributed by atoms with E-state index in [4.69, 9.17) is 0 Å². The van der Waals surface area contributed by atoms with Gasteiger partial charge < -0.3 is 0 Å². The van der Waals surface area contributed by atoms with E-state index in [9.17, 15) is 13.2 Å². The molecule has 0 saturated carbocycles.